The molecule has 3 nitrogen and oxygen atoms in total. The molecule has 106 valence electrons. The molecule has 0 saturated carbocycles. The van der Waals surface area contributed by atoms with E-state index in [1.165, 1.54) is 0 Å². The molecule has 21 heavy (non-hydrogen) atoms. The van der Waals surface area contributed by atoms with Crippen LogP contribution in [0.5, 0.6) is 5.75 Å². The van der Waals surface area contributed by atoms with E-state index in [4.69, 9.17) is 10.5 Å². The largest absolute Gasteiger partial charge is 0.497 e. The average molecular weight is 278 g/mol. The van der Waals surface area contributed by atoms with Gasteiger partial charge in [0, 0.05) is 11.6 Å². The lowest BCUT2D eigenvalue weighted by Gasteiger charge is -2.17. The van der Waals surface area contributed by atoms with Crippen molar-refractivity contribution >= 4 is 10.9 Å². The first-order valence-electron chi connectivity index (χ1n) is 6.94. The number of methoxy groups -OCH3 is 1. The summed E-state index contributed by atoms with van der Waals surface area (Å²) in [6.45, 7) is 2.06. The predicted octanol–water partition coefficient (Wildman–Crippen LogP) is 3.60. The molecule has 0 radical (unpaired) electrons. The zero-order valence-corrected chi connectivity index (χ0v) is 12.2. The molecule has 0 bridgehead atoms. The van der Waals surface area contributed by atoms with Crippen LogP contribution in [-0.2, 0) is 0 Å². The summed E-state index contributed by atoms with van der Waals surface area (Å²) in [5.41, 5.74) is 10.8. The highest BCUT2D eigenvalue weighted by atomic mass is 16.5. The lowest BCUT2D eigenvalue weighted by atomic mass is 9.93. The number of aryl methyl sites for hydroxylation is 1. The van der Waals surface area contributed by atoms with Gasteiger partial charge in [0.2, 0.25) is 0 Å². The molecule has 3 aromatic rings. The third-order valence-electron chi connectivity index (χ3n) is 3.83. The Labute approximate surface area is 124 Å². The lowest BCUT2D eigenvalue weighted by Crippen LogP contribution is -2.13. The number of hydrogen-bond donors (Lipinski definition) is 1. The smallest absolute Gasteiger partial charge is 0.119 e. The van der Waals surface area contributed by atoms with Crippen LogP contribution in [0.2, 0.25) is 0 Å². The molecule has 2 aromatic carbocycles. The standard InChI is InChI=1S/C18H18N2O/c1-12-11-13(21-2)8-9-14(12)18(19)16-5-3-7-17-15(16)6-4-10-20-17/h3-11,18H,19H2,1-2H3. The molecule has 0 aliphatic heterocycles. The second-order valence-electron chi connectivity index (χ2n) is 5.12. The van der Waals surface area contributed by atoms with Crippen LogP contribution in [0.4, 0.5) is 0 Å². The Hall–Kier alpha value is -2.39. The van der Waals surface area contributed by atoms with Gasteiger partial charge in [-0.05, 0) is 47.9 Å². The van der Waals surface area contributed by atoms with E-state index in [0.29, 0.717) is 0 Å². The van der Waals surface area contributed by atoms with Gasteiger partial charge in [-0.25, -0.2) is 0 Å². The molecule has 0 saturated heterocycles. The van der Waals surface area contributed by atoms with Crippen molar-refractivity contribution < 1.29 is 4.74 Å². The van der Waals surface area contributed by atoms with Gasteiger partial charge in [-0.3, -0.25) is 4.98 Å². The predicted molar refractivity (Wildman–Crippen MR) is 85.5 cm³/mol. The summed E-state index contributed by atoms with van der Waals surface area (Å²) in [6, 6.07) is 15.9. The molecule has 2 N–H and O–H groups in total. The summed E-state index contributed by atoms with van der Waals surface area (Å²) < 4.78 is 5.25. The summed E-state index contributed by atoms with van der Waals surface area (Å²) in [5.74, 6) is 0.850. The van der Waals surface area contributed by atoms with Gasteiger partial charge in [0.05, 0.1) is 18.7 Å². The van der Waals surface area contributed by atoms with Gasteiger partial charge in [0.25, 0.3) is 0 Å². The van der Waals surface area contributed by atoms with Gasteiger partial charge in [0.15, 0.2) is 0 Å². The van der Waals surface area contributed by atoms with E-state index >= 15 is 0 Å². The SMILES string of the molecule is COc1ccc(C(N)c2cccc3ncccc23)c(C)c1. The second-order valence-corrected chi connectivity index (χ2v) is 5.12. The van der Waals surface area contributed by atoms with Crippen LogP contribution >= 0.6 is 0 Å². The number of hydrogen-bond acceptors (Lipinski definition) is 3. The lowest BCUT2D eigenvalue weighted by molar-refractivity contribution is 0.414. The van der Waals surface area contributed by atoms with Gasteiger partial charge in [-0.1, -0.05) is 24.3 Å². The Morgan fingerprint density at radius 2 is 1.90 bits per heavy atom. The van der Waals surface area contributed by atoms with Crippen molar-refractivity contribution in [1.82, 2.24) is 4.98 Å². The van der Waals surface area contributed by atoms with Crippen LogP contribution in [-0.4, -0.2) is 12.1 Å². The monoisotopic (exact) mass is 278 g/mol. The molecule has 0 aliphatic rings. The Morgan fingerprint density at radius 1 is 1.05 bits per heavy atom. The van der Waals surface area contributed by atoms with Gasteiger partial charge < -0.3 is 10.5 Å². The van der Waals surface area contributed by atoms with E-state index < -0.39 is 0 Å². The molecule has 0 aliphatic carbocycles. The summed E-state index contributed by atoms with van der Waals surface area (Å²) in [6.07, 6.45) is 1.80. The maximum Gasteiger partial charge on any atom is 0.119 e. The van der Waals surface area contributed by atoms with Crippen molar-refractivity contribution in [3.63, 3.8) is 0 Å². The highest BCUT2D eigenvalue weighted by Gasteiger charge is 2.14. The topological polar surface area (TPSA) is 48.1 Å². The van der Waals surface area contributed by atoms with Crippen LogP contribution in [0, 0.1) is 6.92 Å². The number of pyridine rings is 1. The fourth-order valence-corrected chi connectivity index (χ4v) is 2.69. The minimum Gasteiger partial charge on any atom is -0.497 e. The summed E-state index contributed by atoms with van der Waals surface area (Å²) in [4.78, 5) is 4.39. The van der Waals surface area contributed by atoms with E-state index in [-0.39, 0.29) is 6.04 Å². The molecule has 3 heteroatoms. The molecule has 1 unspecified atom stereocenters. The normalized spacial score (nSPS) is 12.3. The van der Waals surface area contributed by atoms with Gasteiger partial charge >= 0.3 is 0 Å². The van der Waals surface area contributed by atoms with Crippen LogP contribution in [0.15, 0.2) is 54.7 Å². The molecule has 1 heterocycles. The first-order valence-corrected chi connectivity index (χ1v) is 6.94. The number of ether oxygens (including phenoxy) is 1. The van der Waals surface area contributed by atoms with Crippen LogP contribution in [0.3, 0.4) is 0 Å². The van der Waals surface area contributed by atoms with Crippen molar-refractivity contribution in [3.8, 4) is 5.75 Å². The molecule has 1 aromatic heterocycles. The Balaban J connectivity index is 2.10. The van der Waals surface area contributed by atoms with Gasteiger partial charge in [-0.2, -0.15) is 0 Å². The van der Waals surface area contributed by atoms with Crippen LogP contribution in [0.25, 0.3) is 10.9 Å². The van der Waals surface area contributed by atoms with Crippen molar-refractivity contribution in [2.24, 2.45) is 5.73 Å². The van der Waals surface area contributed by atoms with E-state index in [2.05, 4.69) is 24.0 Å². The maximum absolute atomic E-state index is 6.51. The average Bonchev–Trinajstić information content (AvgIpc) is 2.53. The quantitative estimate of drug-likeness (QED) is 0.796. The molecule has 3 rings (SSSR count). The fourth-order valence-electron chi connectivity index (χ4n) is 2.69. The Morgan fingerprint density at radius 3 is 2.67 bits per heavy atom. The third kappa shape index (κ3) is 2.48. The number of nitrogens with zero attached hydrogens (tertiary/aromatic N) is 1. The number of nitrogens with two attached hydrogens (primary N) is 1. The van der Waals surface area contributed by atoms with Crippen molar-refractivity contribution in [2.75, 3.05) is 7.11 Å². The zero-order valence-electron chi connectivity index (χ0n) is 12.2. The molecular formula is C18H18N2O. The molecule has 1 atom stereocenters. The van der Waals surface area contributed by atoms with Crippen LogP contribution < -0.4 is 10.5 Å². The number of rotatable bonds is 3. The minimum atomic E-state index is -0.177. The fraction of sp³-hybridized carbons (Fsp3) is 0.167. The highest BCUT2D eigenvalue weighted by Crippen LogP contribution is 2.29. The summed E-state index contributed by atoms with van der Waals surface area (Å²) >= 11 is 0. The van der Waals surface area contributed by atoms with Crippen molar-refractivity contribution in [2.45, 2.75) is 13.0 Å². The third-order valence-corrected chi connectivity index (χ3v) is 3.83. The second kappa shape index (κ2) is 5.54. The highest BCUT2D eigenvalue weighted by molar-refractivity contribution is 5.83. The molecule has 0 spiro atoms. The summed E-state index contributed by atoms with van der Waals surface area (Å²) in [5, 5.41) is 1.10. The Bertz CT molecular complexity index is 778. The summed E-state index contributed by atoms with van der Waals surface area (Å²) in [7, 11) is 1.67. The first kappa shape index (κ1) is 13.6. The van der Waals surface area contributed by atoms with E-state index in [0.717, 1.165) is 33.3 Å². The van der Waals surface area contributed by atoms with E-state index in [1.807, 2.05) is 36.4 Å². The molecule has 0 fully saturated rings. The van der Waals surface area contributed by atoms with E-state index in [9.17, 15) is 0 Å². The first-order chi connectivity index (χ1) is 10.2. The Kier molecular flexibility index (Phi) is 3.59. The van der Waals surface area contributed by atoms with E-state index in [1.54, 1.807) is 13.3 Å². The van der Waals surface area contributed by atoms with Crippen LogP contribution in [0.1, 0.15) is 22.7 Å². The molecular weight excluding hydrogens is 260 g/mol. The van der Waals surface area contributed by atoms with Gasteiger partial charge in [-0.15, -0.1) is 0 Å². The van der Waals surface area contributed by atoms with Crippen molar-refractivity contribution in [3.05, 3.63) is 71.4 Å². The maximum atomic E-state index is 6.51. The number of benzene rings is 2. The number of fused-ring (bicyclic) bond motifs is 1. The molecule has 0 amide bonds. The number of aromatic nitrogens is 1. The zero-order chi connectivity index (χ0) is 14.8. The minimum absolute atomic E-state index is 0.177. The van der Waals surface area contributed by atoms with Crippen molar-refractivity contribution in [1.29, 1.82) is 0 Å². The van der Waals surface area contributed by atoms with Gasteiger partial charge in [0.1, 0.15) is 5.75 Å².